The Labute approximate surface area is 71.5 Å². The highest BCUT2D eigenvalue weighted by atomic mass is 16.5. The molecule has 0 aliphatic heterocycles. The van der Waals surface area contributed by atoms with Gasteiger partial charge in [-0.3, -0.25) is 0 Å². The molecule has 10 heteroatoms. The van der Waals surface area contributed by atoms with Crippen molar-refractivity contribution in [2.45, 2.75) is 0 Å². The fourth-order valence-electron chi connectivity index (χ4n) is 0.537. The van der Waals surface area contributed by atoms with Crippen LogP contribution in [0.15, 0.2) is 10.3 Å². The summed E-state index contributed by atoms with van der Waals surface area (Å²) < 4.78 is 0. The van der Waals surface area contributed by atoms with Crippen LogP contribution in [0.3, 0.4) is 0 Å². The van der Waals surface area contributed by atoms with Gasteiger partial charge in [0.15, 0.2) is 0 Å². The molecular formula is C3H6N8O2. The van der Waals surface area contributed by atoms with Crippen molar-refractivity contribution in [1.29, 1.82) is 0 Å². The van der Waals surface area contributed by atoms with Gasteiger partial charge in [-0.05, 0) is 15.6 Å². The van der Waals surface area contributed by atoms with Crippen molar-refractivity contribution in [3.63, 3.8) is 0 Å². The number of nitrogens with zero attached hydrogens (tertiary/aromatic N) is 6. The number of amidine groups is 1. The summed E-state index contributed by atoms with van der Waals surface area (Å²) in [5, 5.41) is 24.3. The topological polar surface area (TPSA) is 130 Å². The van der Waals surface area contributed by atoms with Crippen molar-refractivity contribution in [2.75, 3.05) is 7.05 Å². The normalized spacial score (nSPS) is 11.3. The van der Waals surface area contributed by atoms with E-state index in [0.717, 1.165) is 0 Å². The Bertz CT molecular complexity index is 317. The van der Waals surface area contributed by atoms with Crippen LogP contribution in [0.5, 0.6) is 0 Å². The zero-order valence-corrected chi connectivity index (χ0v) is 6.54. The summed E-state index contributed by atoms with van der Waals surface area (Å²) in [6.45, 7) is 0. The first-order chi connectivity index (χ1) is 6.29. The first-order valence-electron chi connectivity index (χ1n) is 3.10. The lowest BCUT2D eigenvalue weighted by atomic mass is 10.6. The molecule has 0 unspecified atom stereocenters. The molecule has 1 aromatic rings. The fourth-order valence-corrected chi connectivity index (χ4v) is 0.537. The number of aromatic nitrogens is 4. The molecule has 0 fully saturated rings. The van der Waals surface area contributed by atoms with Crippen LogP contribution in [0.2, 0.25) is 0 Å². The molecule has 13 heavy (non-hydrogen) atoms. The number of tetrazole rings is 1. The number of nitroso groups, excluding NO2 is 1. The Kier molecular flexibility index (Phi) is 2.81. The van der Waals surface area contributed by atoms with E-state index in [4.69, 9.17) is 5.21 Å². The molecule has 0 aliphatic carbocycles. The number of hydrogen-bond donors (Lipinski definition) is 3. The summed E-state index contributed by atoms with van der Waals surface area (Å²) in [6.07, 6.45) is 0. The second-order valence-corrected chi connectivity index (χ2v) is 1.78. The third kappa shape index (κ3) is 1.93. The molecule has 1 aromatic heterocycles. The molecule has 1 heterocycles. The number of nitrogens with one attached hydrogen (secondary N) is 2. The maximum atomic E-state index is 10.2. The van der Waals surface area contributed by atoms with Crippen LogP contribution in [0.4, 0.5) is 0 Å². The van der Waals surface area contributed by atoms with Crippen LogP contribution in [-0.4, -0.2) is 38.5 Å². The first-order valence-corrected chi connectivity index (χ1v) is 3.10. The van der Waals surface area contributed by atoms with E-state index in [-0.39, 0.29) is 16.5 Å². The molecular weight excluding hydrogens is 180 g/mol. The quantitative estimate of drug-likeness (QED) is 0.164. The lowest BCUT2D eigenvalue weighted by molar-refractivity contribution is 0.141. The third-order valence-electron chi connectivity index (χ3n) is 1.01. The van der Waals surface area contributed by atoms with E-state index in [9.17, 15) is 4.91 Å². The van der Waals surface area contributed by atoms with Gasteiger partial charge in [0.2, 0.25) is 0 Å². The second-order valence-electron chi connectivity index (χ2n) is 1.78. The zero-order chi connectivity index (χ0) is 9.68. The molecule has 0 aromatic carbocycles. The van der Waals surface area contributed by atoms with Crippen LogP contribution < -0.4 is 11.0 Å². The average Bonchev–Trinajstić information content (AvgIpc) is 2.54. The van der Waals surface area contributed by atoms with E-state index >= 15 is 0 Å². The fraction of sp³-hybridized carbons (Fsp3) is 0.333. The van der Waals surface area contributed by atoms with Gasteiger partial charge in [-0.25, -0.2) is 11.0 Å². The van der Waals surface area contributed by atoms with Gasteiger partial charge in [0, 0.05) is 7.05 Å². The largest absolute Gasteiger partial charge is 0.409 e. The molecule has 0 spiro atoms. The van der Waals surface area contributed by atoms with Gasteiger partial charge in [0.05, 0.1) is 0 Å². The molecule has 0 aliphatic rings. The predicted octanol–water partition coefficient (Wildman–Crippen LogP) is -1.94. The maximum absolute atomic E-state index is 10.2. The minimum atomic E-state index is -0.373. The number of hydrogen-bond acceptors (Lipinski definition) is 8. The van der Waals surface area contributed by atoms with Crippen LogP contribution >= 0.6 is 0 Å². The number of rotatable bonds is 3. The molecule has 0 saturated carbocycles. The van der Waals surface area contributed by atoms with Gasteiger partial charge in [0.25, 0.3) is 11.7 Å². The summed E-state index contributed by atoms with van der Waals surface area (Å²) in [4.78, 5) is 10.5. The first kappa shape index (κ1) is 8.99. The van der Waals surface area contributed by atoms with Gasteiger partial charge in [0.1, 0.15) is 0 Å². The summed E-state index contributed by atoms with van der Waals surface area (Å²) in [5.74, 6) is -0.625. The Balaban J connectivity index is 2.90. The van der Waals surface area contributed by atoms with E-state index in [1.165, 1.54) is 7.05 Å². The van der Waals surface area contributed by atoms with Crippen molar-refractivity contribution in [2.24, 2.45) is 10.3 Å². The maximum Gasteiger partial charge on any atom is 0.266 e. The number of hydrazine groups is 1. The summed E-state index contributed by atoms with van der Waals surface area (Å²) in [6, 6.07) is 0. The Morgan fingerprint density at radius 3 is 2.92 bits per heavy atom. The average molecular weight is 186 g/mol. The summed E-state index contributed by atoms with van der Waals surface area (Å²) >= 11 is 0. The lowest BCUT2D eigenvalue weighted by Crippen LogP contribution is -2.24. The molecule has 0 amide bonds. The standard InChI is InChI=1S/C3H6N8O2/c1-4-8-5-2(7-12)3-6-9-10-11(3)13/h4,8,13H,1H3/b5-2-. The van der Waals surface area contributed by atoms with Gasteiger partial charge >= 0.3 is 0 Å². The summed E-state index contributed by atoms with van der Waals surface area (Å²) in [7, 11) is 1.54. The van der Waals surface area contributed by atoms with Gasteiger partial charge in [-0.2, -0.15) is 0 Å². The van der Waals surface area contributed by atoms with E-state index in [0.29, 0.717) is 0 Å². The van der Waals surface area contributed by atoms with Gasteiger partial charge in [-0.1, -0.05) is 4.85 Å². The molecule has 3 N–H and O–H groups in total. The minimum absolute atomic E-state index is 0.252. The highest BCUT2D eigenvalue weighted by Gasteiger charge is 2.13. The molecule has 10 nitrogen and oxygen atoms in total. The lowest BCUT2D eigenvalue weighted by Gasteiger charge is -1.95. The van der Waals surface area contributed by atoms with E-state index in [2.05, 4.69) is 36.8 Å². The third-order valence-corrected chi connectivity index (χ3v) is 1.01. The van der Waals surface area contributed by atoms with E-state index in [1.54, 1.807) is 0 Å². The van der Waals surface area contributed by atoms with Crippen molar-refractivity contribution < 1.29 is 5.21 Å². The van der Waals surface area contributed by atoms with Crippen LogP contribution in [0, 0.1) is 4.91 Å². The second kappa shape index (κ2) is 4.06. The zero-order valence-electron chi connectivity index (χ0n) is 6.54. The molecule has 1 rings (SSSR count). The molecule has 0 radical (unpaired) electrons. The van der Waals surface area contributed by atoms with Crippen LogP contribution in [0.1, 0.15) is 5.82 Å². The van der Waals surface area contributed by atoms with Crippen molar-refractivity contribution in [3.05, 3.63) is 10.7 Å². The van der Waals surface area contributed by atoms with Crippen molar-refractivity contribution >= 4 is 5.84 Å². The molecule has 0 atom stereocenters. The predicted molar refractivity (Wildman–Crippen MR) is 39.5 cm³/mol. The van der Waals surface area contributed by atoms with E-state index < -0.39 is 0 Å². The highest BCUT2D eigenvalue weighted by Crippen LogP contribution is 1.92. The Morgan fingerprint density at radius 2 is 2.46 bits per heavy atom. The Hall–Kier alpha value is -2.10. The van der Waals surface area contributed by atoms with Crippen molar-refractivity contribution in [1.82, 2.24) is 31.3 Å². The SMILES string of the molecule is CNN/N=C(\N=O)c1nnnn1O. The smallest absolute Gasteiger partial charge is 0.266 e. The van der Waals surface area contributed by atoms with Crippen LogP contribution in [-0.2, 0) is 0 Å². The monoisotopic (exact) mass is 186 g/mol. The van der Waals surface area contributed by atoms with Crippen molar-refractivity contribution in [3.8, 4) is 0 Å². The minimum Gasteiger partial charge on any atom is -0.409 e. The highest BCUT2D eigenvalue weighted by molar-refractivity contribution is 5.95. The number of hydrazone groups is 1. The molecule has 0 saturated heterocycles. The molecule has 0 bridgehead atoms. The van der Waals surface area contributed by atoms with Crippen LogP contribution in [0.25, 0.3) is 0 Å². The molecule has 70 valence electrons. The summed E-state index contributed by atoms with van der Waals surface area (Å²) in [5.41, 5.74) is 4.66. The van der Waals surface area contributed by atoms with Gasteiger partial charge < -0.3 is 5.21 Å². The van der Waals surface area contributed by atoms with Gasteiger partial charge in [-0.15, -0.1) is 15.1 Å². The van der Waals surface area contributed by atoms with E-state index in [1.807, 2.05) is 0 Å². The Morgan fingerprint density at radius 1 is 1.69 bits per heavy atom.